The van der Waals surface area contributed by atoms with Crippen LogP contribution in [0.25, 0.3) is 0 Å². The summed E-state index contributed by atoms with van der Waals surface area (Å²) in [6, 6.07) is 0. The predicted molar refractivity (Wildman–Crippen MR) is 41.0 cm³/mol. The summed E-state index contributed by atoms with van der Waals surface area (Å²) in [4.78, 5) is 0. The Kier molecular flexibility index (Phi) is 10.3. The molecule has 0 aliphatic rings. The Morgan fingerprint density at radius 1 is 0.474 bits per heavy atom. The van der Waals surface area contributed by atoms with Gasteiger partial charge in [0.1, 0.15) is 0 Å². The Morgan fingerprint density at radius 3 is 0.579 bits per heavy atom. The first-order valence-electron chi connectivity index (χ1n) is 2.67. The molecule has 112 valence electrons. The Bertz CT molecular complexity index is 532. The number of hydrogen-bond donors (Lipinski definition) is 0. The molecule has 0 heterocycles. The molecule has 0 atom stereocenters. The third-order valence-corrected chi connectivity index (χ3v) is 3.00. The van der Waals surface area contributed by atoms with Gasteiger partial charge in [-0.05, 0) is 0 Å². The van der Waals surface area contributed by atoms with Crippen molar-refractivity contribution in [3.63, 3.8) is 0 Å². The molecule has 0 aliphatic heterocycles. The summed E-state index contributed by atoms with van der Waals surface area (Å²) in [6.45, 7) is 0. The molecule has 0 saturated carbocycles. The maximum Gasteiger partial charge on any atom is 4.00 e. The van der Waals surface area contributed by atoms with Crippen molar-refractivity contribution in [1.82, 2.24) is 0 Å². The minimum Gasteiger partial charge on any atom is -0.725 e. The van der Waals surface area contributed by atoms with E-state index in [1.807, 2.05) is 0 Å². The summed E-state index contributed by atoms with van der Waals surface area (Å²) in [6.07, 6.45) is 0. The van der Waals surface area contributed by atoms with Crippen molar-refractivity contribution in [3.05, 3.63) is 0 Å². The smallest absolute Gasteiger partial charge is 0.725 e. The molecule has 0 aliphatic carbocycles. The first kappa shape index (κ1) is 24.4. The van der Waals surface area contributed by atoms with E-state index in [2.05, 4.69) is 7.26 Å². The van der Waals surface area contributed by atoms with Crippen molar-refractivity contribution in [2.75, 3.05) is 0 Å². The van der Waals surface area contributed by atoms with Crippen LogP contribution in [0.3, 0.4) is 0 Å². The summed E-state index contributed by atoms with van der Waals surface area (Å²) in [5.74, 6) is 0. The van der Waals surface area contributed by atoms with Gasteiger partial charge in [0.05, 0.1) is 0 Å². The molecule has 14 nitrogen and oxygen atoms in total. The molecule has 0 saturated heterocycles. The molecular formula is HfO14S4. The van der Waals surface area contributed by atoms with Crippen LogP contribution in [-0.2, 0) is 74.7 Å². The first-order chi connectivity index (χ1) is 7.41. The molecule has 0 fully saturated rings. The fourth-order valence-corrected chi connectivity index (χ4v) is 1.84. The van der Waals surface area contributed by atoms with Crippen LogP contribution >= 0.6 is 0 Å². The van der Waals surface area contributed by atoms with Crippen molar-refractivity contribution < 1.29 is 85.0 Å². The molecule has 0 radical (unpaired) electrons. The quantitative estimate of drug-likeness (QED) is 0.190. The largest absolute Gasteiger partial charge is 4.00 e. The van der Waals surface area contributed by atoms with Crippen molar-refractivity contribution in [2.45, 2.75) is 0 Å². The molecule has 0 aromatic carbocycles. The first-order valence-corrected chi connectivity index (χ1v) is 8.00. The van der Waals surface area contributed by atoms with Crippen LogP contribution in [0.15, 0.2) is 0 Å². The minimum atomic E-state index is -5.43. The molecule has 19 heteroatoms. The minimum absolute atomic E-state index is 0. The van der Waals surface area contributed by atoms with Gasteiger partial charge < -0.3 is 18.2 Å². The van der Waals surface area contributed by atoms with Crippen molar-refractivity contribution in [3.8, 4) is 0 Å². The van der Waals surface area contributed by atoms with E-state index in [4.69, 9.17) is 0 Å². The van der Waals surface area contributed by atoms with Gasteiger partial charge in [-0.2, -0.15) is 7.26 Å². The van der Waals surface area contributed by atoms with Crippen LogP contribution < -0.4 is 0 Å². The van der Waals surface area contributed by atoms with Gasteiger partial charge in [-0.3, -0.25) is 0 Å². The third-order valence-electron chi connectivity index (χ3n) is 0.333. The molecule has 19 heavy (non-hydrogen) atoms. The Morgan fingerprint density at radius 2 is 0.579 bits per heavy atom. The second kappa shape index (κ2) is 8.02. The van der Waals surface area contributed by atoms with Crippen LogP contribution in [0.2, 0.25) is 0 Å². The van der Waals surface area contributed by atoms with Crippen LogP contribution in [0.5, 0.6) is 0 Å². The molecule has 0 N–H and O–H groups in total. The van der Waals surface area contributed by atoms with Crippen molar-refractivity contribution in [1.29, 1.82) is 0 Å². The van der Waals surface area contributed by atoms with Crippen LogP contribution in [0.4, 0.5) is 0 Å². The van der Waals surface area contributed by atoms with E-state index in [1.165, 1.54) is 0 Å². The van der Waals surface area contributed by atoms with E-state index < -0.39 is 41.6 Å². The van der Waals surface area contributed by atoms with Crippen molar-refractivity contribution >= 4 is 41.6 Å². The summed E-state index contributed by atoms with van der Waals surface area (Å²) in [5, 5.41) is 0. The summed E-state index contributed by atoms with van der Waals surface area (Å²) < 4.78 is 116. The summed E-state index contributed by atoms with van der Waals surface area (Å²) in [7, 11) is -21.7. The molecular weight excluding hydrogens is 531 g/mol. The fraction of sp³-hybridized carbons (Fsp3) is 0. The Hall–Kier alpha value is 0.430. The monoisotopic (exact) mass is 532 g/mol. The zero-order valence-electron chi connectivity index (χ0n) is 7.85. The number of hydrogen-bond acceptors (Lipinski definition) is 14. The molecule has 0 amide bonds. The van der Waals surface area contributed by atoms with E-state index in [0.717, 1.165) is 0 Å². The molecule has 0 aromatic rings. The van der Waals surface area contributed by atoms with E-state index in [0.29, 0.717) is 0 Å². The maximum absolute atomic E-state index is 9.29. The SMILES string of the molecule is O=S(=O)([O-])OS(=O)(=O)[O-].O=S(=O)([O-])OS(=O)(=O)[O-].[Hf+4]. The van der Waals surface area contributed by atoms with E-state index in [1.54, 1.807) is 0 Å². The van der Waals surface area contributed by atoms with E-state index in [-0.39, 0.29) is 25.8 Å². The van der Waals surface area contributed by atoms with Gasteiger partial charge in [-0.25, -0.2) is 33.7 Å². The van der Waals surface area contributed by atoms with E-state index in [9.17, 15) is 51.9 Å². The maximum atomic E-state index is 9.29. The van der Waals surface area contributed by atoms with Gasteiger partial charge in [0.25, 0.3) is 0 Å². The van der Waals surface area contributed by atoms with Crippen molar-refractivity contribution in [2.24, 2.45) is 0 Å². The number of rotatable bonds is 4. The summed E-state index contributed by atoms with van der Waals surface area (Å²) >= 11 is 0. The average Bonchev–Trinajstić information content (AvgIpc) is 1.64. The molecule has 0 spiro atoms. The Labute approximate surface area is 126 Å². The fourth-order valence-electron chi connectivity index (χ4n) is 0.204. The normalized spacial score (nSPS) is 12.8. The molecule has 0 rings (SSSR count). The molecule has 0 aromatic heterocycles. The van der Waals surface area contributed by atoms with Gasteiger partial charge in [0.15, 0.2) is 0 Å². The topological polar surface area (TPSA) is 247 Å². The van der Waals surface area contributed by atoms with Crippen LogP contribution in [0.1, 0.15) is 0 Å². The molecule has 0 unspecified atom stereocenters. The van der Waals surface area contributed by atoms with Gasteiger partial charge in [-0.1, -0.05) is 0 Å². The van der Waals surface area contributed by atoms with Crippen LogP contribution in [0, 0.1) is 0 Å². The Balaban J connectivity index is -0.000000256. The average molecular weight is 531 g/mol. The van der Waals surface area contributed by atoms with Gasteiger partial charge in [-0.15, -0.1) is 0 Å². The third kappa shape index (κ3) is 32.2. The summed E-state index contributed by atoms with van der Waals surface area (Å²) in [5.41, 5.74) is 0. The standard InChI is InChI=1S/Hf.2H2O7S2/c;2*1-8(2,3)7-9(4,5)6/h;2*(H,1,2,3)(H,4,5,6)/q+4;;/p-4. The van der Waals surface area contributed by atoms with Crippen LogP contribution in [-0.4, -0.2) is 51.9 Å². The van der Waals surface area contributed by atoms with E-state index >= 15 is 0 Å². The second-order valence-electron chi connectivity index (χ2n) is 1.77. The van der Waals surface area contributed by atoms with Gasteiger partial charge in [0.2, 0.25) is 41.6 Å². The van der Waals surface area contributed by atoms with Gasteiger partial charge in [0, 0.05) is 0 Å². The second-order valence-corrected chi connectivity index (χ2v) is 6.12. The predicted octanol–water partition coefficient (Wildman–Crippen LogP) is -4.16. The zero-order chi connectivity index (χ0) is 15.4. The molecule has 0 bridgehead atoms. The van der Waals surface area contributed by atoms with Gasteiger partial charge >= 0.3 is 25.8 Å². The zero-order valence-corrected chi connectivity index (χ0v) is 14.7.